The number of rotatable bonds is 5. The molecule has 0 aliphatic heterocycles. The summed E-state index contributed by atoms with van der Waals surface area (Å²) in [4.78, 5) is 19.5. The van der Waals surface area contributed by atoms with Crippen LogP contribution in [0, 0.1) is 0 Å². The lowest BCUT2D eigenvalue weighted by Crippen LogP contribution is -2.18. The molecule has 0 unspecified atom stereocenters. The van der Waals surface area contributed by atoms with Crippen molar-refractivity contribution in [3.8, 4) is 22.9 Å². The van der Waals surface area contributed by atoms with Gasteiger partial charge in [0.05, 0.1) is 29.6 Å². The Morgan fingerprint density at radius 1 is 1.12 bits per heavy atom. The van der Waals surface area contributed by atoms with Gasteiger partial charge in [0.2, 0.25) is 5.88 Å². The van der Waals surface area contributed by atoms with Crippen molar-refractivity contribution in [1.29, 1.82) is 0 Å². The van der Waals surface area contributed by atoms with E-state index in [1.165, 1.54) is 4.52 Å². The van der Waals surface area contributed by atoms with Crippen molar-refractivity contribution in [3.05, 3.63) is 76.8 Å². The molecule has 0 radical (unpaired) electrons. The Labute approximate surface area is 148 Å². The van der Waals surface area contributed by atoms with Crippen LogP contribution in [0.1, 0.15) is 5.56 Å². The highest BCUT2D eigenvalue weighted by Gasteiger charge is 2.17. The van der Waals surface area contributed by atoms with Gasteiger partial charge in [0.1, 0.15) is 11.4 Å². The van der Waals surface area contributed by atoms with Crippen molar-refractivity contribution in [3.63, 3.8) is 0 Å². The number of fused-ring (bicyclic) bond motifs is 1. The van der Waals surface area contributed by atoms with Crippen molar-refractivity contribution in [2.75, 3.05) is 6.61 Å². The number of H-pyrrole nitrogens is 1. The minimum Gasteiger partial charge on any atom is -0.493 e. The van der Waals surface area contributed by atoms with Gasteiger partial charge in [0.25, 0.3) is 5.56 Å². The van der Waals surface area contributed by atoms with Crippen molar-refractivity contribution in [2.24, 2.45) is 0 Å². The number of pyridine rings is 1. The summed E-state index contributed by atoms with van der Waals surface area (Å²) >= 11 is 0. The fraction of sp³-hybridized carbons (Fsp3) is 0.105. The number of nitrogens with one attached hydrogen (secondary N) is 1. The molecule has 0 spiro atoms. The zero-order chi connectivity index (χ0) is 17.9. The van der Waals surface area contributed by atoms with E-state index < -0.39 is 0 Å². The van der Waals surface area contributed by atoms with E-state index in [0.29, 0.717) is 22.7 Å². The fourth-order valence-electron chi connectivity index (χ4n) is 2.76. The van der Waals surface area contributed by atoms with Gasteiger partial charge in [-0.1, -0.05) is 24.3 Å². The molecule has 3 heterocycles. The number of para-hydroxylation sites is 1. The van der Waals surface area contributed by atoms with Crippen LogP contribution in [0.15, 0.2) is 65.7 Å². The summed E-state index contributed by atoms with van der Waals surface area (Å²) < 4.78 is 6.91. The van der Waals surface area contributed by atoms with Gasteiger partial charge in [0, 0.05) is 12.6 Å². The average Bonchev–Trinajstić information content (AvgIpc) is 3.10. The van der Waals surface area contributed by atoms with Crippen molar-refractivity contribution < 1.29 is 9.84 Å². The smallest absolute Gasteiger partial charge is 0.258 e. The summed E-state index contributed by atoms with van der Waals surface area (Å²) in [5.74, 6) is 0.517. The minimum absolute atomic E-state index is 0.192. The van der Waals surface area contributed by atoms with E-state index in [1.807, 2.05) is 42.5 Å². The first-order valence-corrected chi connectivity index (χ1v) is 8.15. The lowest BCUT2D eigenvalue weighted by molar-refractivity contribution is 0.317. The normalized spacial score (nSPS) is 10.9. The maximum atomic E-state index is 12.4. The number of nitrogens with zero attached hydrogens (tertiary/aromatic N) is 3. The van der Waals surface area contributed by atoms with Crippen molar-refractivity contribution >= 4 is 5.65 Å². The topological polar surface area (TPSA) is 92.5 Å². The van der Waals surface area contributed by atoms with Crippen LogP contribution in [0.5, 0.6) is 11.6 Å². The van der Waals surface area contributed by atoms with E-state index in [1.54, 1.807) is 18.5 Å². The predicted octanol–water partition coefficient (Wildman–Crippen LogP) is 2.41. The van der Waals surface area contributed by atoms with Gasteiger partial charge >= 0.3 is 0 Å². The number of benzene rings is 1. The Hall–Kier alpha value is -3.61. The zero-order valence-corrected chi connectivity index (χ0v) is 13.8. The maximum absolute atomic E-state index is 12.4. The third-order valence-corrected chi connectivity index (χ3v) is 4.05. The molecule has 7 heteroatoms. The summed E-state index contributed by atoms with van der Waals surface area (Å²) in [6.45, 7) is 0.264. The van der Waals surface area contributed by atoms with Gasteiger partial charge in [-0.3, -0.25) is 9.78 Å². The van der Waals surface area contributed by atoms with Gasteiger partial charge in [-0.15, -0.1) is 0 Å². The van der Waals surface area contributed by atoms with Crippen molar-refractivity contribution in [2.45, 2.75) is 6.42 Å². The number of aromatic nitrogens is 4. The molecule has 3 aromatic heterocycles. The zero-order valence-electron chi connectivity index (χ0n) is 13.8. The van der Waals surface area contributed by atoms with Crippen LogP contribution < -0.4 is 10.3 Å². The second-order valence-corrected chi connectivity index (χ2v) is 5.70. The van der Waals surface area contributed by atoms with Crippen LogP contribution in [-0.2, 0) is 6.42 Å². The lowest BCUT2D eigenvalue weighted by Gasteiger charge is -2.08. The van der Waals surface area contributed by atoms with Gasteiger partial charge in [-0.05, 0) is 24.3 Å². The summed E-state index contributed by atoms with van der Waals surface area (Å²) in [6, 6.07) is 14.8. The van der Waals surface area contributed by atoms with Gasteiger partial charge in [-0.2, -0.15) is 9.61 Å². The molecular weight excluding hydrogens is 332 g/mol. The summed E-state index contributed by atoms with van der Waals surface area (Å²) in [6.07, 6.45) is 3.48. The molecule has 130 valence electrons. The molecule has 4 rings (SSSR count). The molecule has 0 aliphatic rings. The standard InChI is InChI=1S/C19H16N4O3/c24-18-14(9-11-26-13-6-2-1-3-7-13)19(25)23-17(22-18)15(12-21-23)16-8-4-5-10-20-16/h1-8,10,12,25H,9,11H2,(H,22,24). The minimum atomic E-state index is -0.371. The van der Waals surface area contributed by atoms with E-state index in [-0.39, 0.29) is 30.0 Å². The van der Waals surface area contributed by atoms with Crippen LogP contribution in [0.25, 0.3) is 16.9 Å². The summed E-state index contributed by atoms with van der Waals surface area (Å²) in [5, 5.41) is 14.7. The fourth-order valence-corrected chi connectivity index (χ4v) is 2.76. The average molecular weight is 348 g/mol. The van der Waals surface area contributed by atoms with Crippen molar-refractivity contribution in [1.82, 2.24) is 19.6 Å². The molecule has 0 bridgehead atoms. The number of aromatic amines is 1. The first-order valence-electron chi connectivity index (χ1n) is 8.15. The van der Waals surface area contributed by atoms with Crippen LogP contribution in [0.2, 0.25) is 0 Å². The Kier molecular flexibility index (Phi) is 4.10. The quantitative estimate of drug-likeness (QED) is 0.578. The molecule has 26 heavy (non-hydrogen) atoms. The summed E-state index contributed by atoms with van der Waals surface area (Å²) in [7, 11) is 0. The highest BCUT2D eigenvalue weighted by molar-refractivity contribution is 5.74. The second kappa shape index (κ2) is 6.72. The van der Waals surface area contributed by atoms with Crippen LogP contribution in [-0.4, -0.2) is 31.3 Å². The van der Waals surface area contributed by atoms with E-state index in [0.717, 1.165) is 0 Å². The number of ether oxygens (including phenoxy) is 1. The van der Waals surface area contributed by atoms with E-state index >= 15 is 0 Å². The molecule has 0 atom stereocenters. The molecule has 0 amide bonds. The second-order valence-electron chi connectivity index (χ2n) is 5.70. The highest BCUT2D eigenvalue weighted by Crippen LogP contribution is 2.24. The van der Waals surface area contributed by atoms with Crippen LogP contribution in [0.4, 0.5) is 0 Å². The van der Waals surface area contributed by atoms with Crippen LogP contribution >= 0.6 is 0 Å². The number of hydrogen-bond donors (Lipinski definition) is 2. The molecule has 0 aliphatic carbocycles. The number of hydrogen-bond acceptors (Lipinski definition) is 5. The molecule has 4 aromatic rings. The third-order valence-electron chi connectivity index (χ3n) is 4.05. The van der Waals surface area contributed by atoms with Gasteiger partial charge in [-0.25, -0.2) is 0 Å². The van der Waals surface area contributed by atoms with Gasteiger partial charge < -0.3 is 14.8 Å². The number of aromatic hydroxyl groups is 1. The lowest BCUT2D eigenvalue weighted by atomic mass is 10.2. The van der Waals surface area contributed by atoms with Gasteiger partial charge in [0.15, 0.2) is 0 Å². The summed E-state index contributed by atoms with van der Waals surface area (Å²) in [5.41, 5.74) is 1.56. The molecule has 0 saturated heterocycles. The Morgan fingerprint density at radius 3 is 2.69 bits per heavy atom. The first kappa shape index (κ1) is 15.9. The van der Waals surface area contributed by atoms with E-state index in [2.05, 4.69) is 15.1 Å². The Bertz CT molecular complexity index is 1090. The molecule has 1 aromatic carbocycles. The largest absolute Gasteiger partial charge is 0.493 e. The third kappa shape index (κ3) is 2.90. The van der Waals surface area contributed by atoms with E-state index in [4.69, 9.17) is 4.74 Å². The molecule has 7 nitrogen and oxygen atoms in total. The molecule has 2 N–H and O–H groups in total. The monoisotopic (exact) mass is 348 g/mol. The first-order chi connectivity index (χ1) is 12.7. The Balaban J connectivity index is 1.64. The molecular formula is C19H16N4O3. The SMILES string of the molecule is O=c1[nH]c2c(-c3ccccn3)cnn2c(O)c1CCOc1ccccc1. The van der Waals surface area contributed by atoms with E-state index in [9.17, 15) is 9.90 Å². The molecule has 0 saturated carbocycles. The highest BCUT2D eigenvalue weighted by atomic mass is 16.5. The van der Waals surface area contributed by atoms with Crippen LogP contribution in [0.3, 0.4) is 0 Å². The Morgan fingerprint density at radius 2 is 1.92 bits per heavy atom. The predicted molar refractivity (Wildman–Crippen MR) is 96.3 cm³/mol. The molecule has 0 fully saturated rings. The maximum Gasteiger partial charge on any atom is 0.258 e.